The van der Waals surface area contributed by atoms with Crippen molar-refractivity contribution in [3.63, 3.8) is 0 Å². The predicted molar refractivity (Wildman–Crippen MR) is 103 cm³/mol. The van der Waals surface area contributed by atoms with Crippen LogP contribution in [0.1, 0.15) is 31.2 Å². The van der Waals surface area contributed by atoms with Gasteiger partial charge in [0.2, 0.25) is 0 Å². The number of rotatable bonds is 5. The van der Waals surface area contributed by atoms with Crippen molar-refractivity contribution < 1.29 is 27.4 Å². The lowest BCUT2D eigenvalue weighted by Gasteiger charge is -2.29. The number of ether oxygens (including phenoxy) is 2. The first-order valence-electron chi connectivity index (χ1n) is 9.43. The molecule has 8 heteroatoms. The lowest BCUT2D eigenvalue weighted by Crippen LogP contribution is -2.41. The van der Waals surface area contributed by atoms with E-state index in [9.17, 15) is 18.0 Å². The molecule has 3 rings (SSSR count). The zero-order valence-corrected chi connectivity index (χ0v) is 16.0. The molecule has 0 spiro atoms. The van der Waals surface area contributed by atoms with Gasteiger partial charge in [0.05, 0.1) is 6.10 Å². The van der Waals surface area contributed by atoms with Crippen LogP contribution in [0.3, 0.4) is 0 Å². The number of halogens is 3. The Morgan fingerprint density at radius 3 is 2.10 bits per heavy atom. The molecular weight excluding hydrogens is 385 g/mol. The Hall–Kier alpha value is -2.90. The number of anilines is 1. The first-order chi connectivity index (χ1) is 13.8. The average Bonchev–Trinajstić information content (AvgIpc) is 2.66. The molecule has 0 radical (unpaired) electrons. The van der Waals surface area contributed by atoms with E-state index in [2.05, 4.69) is 15.4 Å². The maximum atomic E-state index is 12.2. The van der Waals surface area contributed by atoms with Gasteiger partial charge in [0.25, 0.3) is 0 Å². The molecule has 29 heavy (non-hydrogen) atoms. The number of nitrogens with one attached hydrogen (secondary N) is 2. The molecule has 0 atom stereocenters. The van der Waals surface area contributed by atoms with Crippen molar-refractivity contribution in [2.24, 2.45) is 0 Å². The topological polar surface area (TPSA) is 59.6 Å². The fourth-order valence-corrected chi connectivity index (χ4v) is 3.23. The molecule has 0 saturated heterocycles. The highest BCUT2D eigenvalue weighted by atomic mass is 19.4. The Morgan fingerprint density at radius 1 is 0.931 bits per heavy atom. The highest BCUT2D eigenvalue weighted by Crippen LogP contribution is 2.25. The fourth-order valence-electron chi connectivity index (χ4n) is 3.23. The number of amides is 2. The van der Waals surface area contributed by atoms with Crippen molar-refractivity contribution >= 4 is 11.7 Å². The summed E-state index contributed by atoms with van der Waals surface area (Å²) in [6.07, 6.45) is -1.36. The van der Waals surface area contributed by atoms with E-state index in [1.54, 1.807) is 0 Å². The van der Waals surface area contributed by atoms with Gasteiger partial charge in [-0.15, -0.1) is 13.2 Å². The second-order valence-electron chi connectivity index (χ2n) is 7.08. The number of urea groups is 1. The van der Waals surface area contributed by atoms with Crippen molar-refractivity contribution in [1.82, 2.24) is 5.32 Å². The van der Waals surface area contributed by atoms with Gasteiger partial charge in [0.15, 0.2) is 0 Å². The van der Waals surface area contributed by atoms with Crippen molar-refractivity contribution in [3.05, 3.63) is 54.1 Å². The average molecular weight is 408 g/mol. The molecule has 2 aromatic rings. The number of hydrogen-bond acceptors (Lipinski definition) is 3. The van der Waals surface area contributed by atoms with Gasteiger partial charge in [-0.2, -0.15) is 0 Å². The van der Waals surface area contributed by atoms with E-state index >= 15 is 0 Å². The maximum Gasteiger partial charge on any atom is 0.573 e. The zero-order chi connectivity index (χ0) is 20.9. The largest absolute Gasteiger partial charge is 0.573 e. The van der Waals surface area contributed by atoms with E-state index in [-0.39, 0.29) is 17.9 Å². The third kappa shape index (κ3) is 6.89. The van der Waals surface area contributed by atoms with Crippen LogP contribution in [0.5, 0.6) is 11.5 Å². The van der Waals surface area contributed by atoms with E-state index in [1.807, 2.05) is 31.2 Å². The molecule has 2 N–H and O–H groups in total. The van der Waals surface area contributed by atoms with Gasteiger partial charge in [-0.05, 0) is 69.0 Å². The quantitative estimate of drug-likeness (QED) is 0.696. The molecule has 2 aromatic carbocycles. The van der Waals surface area contributed by atoms with Crippen LogP contribution in [0, 0.1) is 6.92 Å². The van der Waals surface area contributed by atoms with Crippen LogP contribution in [0.25, 0.3) is 0 Å². The second kappa shape index (κ2) is 9.07. The summed E-state index contributed by atoms with van der Waals surface area (Å²) in [5.41, 5.74) is 1.56. The Morgan fingerprint density at radius 2 is 1.52 bits per heavy atom. The standard InChI is InChI=1S/C21H23F3N2O3/c1-14-2-8-17(9-3-14)28-18-10-4-15(5-11-18)25-20(27)26-16-6-12-19(13-7-16)29-21(22,23)24/h2-3,6-9,12-13,15,18H,4-5,10-11H2,1H3,(H2,25,26,27)/t15-,18-. The first-order valence-corrected chi connectivity index (χ1v) is 9.43. The van der Waals surface area contributed by atoms with Gasteiger partial charge in [0, 0.05) is 11.7 Å². The van der Waals surface area contributed by atoms with Gasteiger partial charge in [-0.3, -0.25) is 0 Å². The highest BCUT2D eigenvalue weighted by molar-refractivity contribution is 5.89. The molecule has 0 bridgehead atoms. The molecule has 1 aliphatic rings. The van der Waals surface area contributed by atoms with E-state index in [1.165, 1.54) is 17.7 Å². The summed E-state index contributed by atoms with van der Waals surface area (Å²) >= 11 is 0. The third-order valence-electron chi connectivity index (χ3n) is 4.68. The van der Waals surface area contributed by atoms with Crippen LogP contribution in [0.2, 0.25) is 0 Å². The summed E-state index contributed by atoms with van der Waals surface area (Å²) in [4.78, 5) is 12.1. The summed E-state index contributed by atoms with van der Waals surface area (Å²) in [5.74, 6) is 0.512. The van der Waals surface area contributed by atoms with E-state index in [4.69, 9.17) is 4.74 Å². The van der Waals surface area contributed by atoms with Gasteiger partial charge in [-0.25, -0.2) is 4.79 Å². The summed E-state index contributed by atoms with van der Waals surface area (Å²) < 4.78 is 46.3. The molecule has 0 aliphatic heterocycles. The zero-order valence-electron chi connectivity index (χ0n) is 16.0. The number of carbonyl (C=O) groups excluding carboxylic acids is 1. The molecule has 0 aromatic heterocycles. The van der Waals surface area contributed by atoms with E-state index < -0.39 is 12.4 Å². The highest BCUT2D eigenvalue weighted by Gasteiger charge is 2.31. The summed E-state index contributed by atoms with van der Waals surface area (Å²) in [7, 11) is 0. The van der Waals surface area contributed by atoms with Crippen molar-refractivity contribution in [2.45, 2.75) is 51.1 Å². The van der Waals surface area contributed by atoms with Gasteiger partial charge >= 0.3 is 12.4 Å². The second-order valence-corrected chi connectivity index (χ2v) is 7.08. The maximum absolute atomic E-state index is 12.2. The summed E-state index contributed by atoms with van der Waals surface area (Å²) in [6.45, 7) is 2.02. The SMILES string of the molecule is Cc1ccc(O[C@H]2CC[C@H](NC(=O)Nc3ccc(OC(F)(F)F)cc3)CC2)cc1. The number of alkyl halides is 3. The number of hydrogen-bond donors (Lipinski definition) is 2. The molecule has 156 valence electrons. The Kier molecular flexibility index (Phi) is 6.51. The smallest absolute Gasteiger partial charge is 0.490 e. The predicted octanol–water partition coefficient (Wildman–Crippen LogP) is 5.41. The lowest BCUT2D eigenvalue weighted by atomic mass is 9.93. The molecule has 5 nitrogen and oxygen atoms in total. The third-order valence-corrected chi connectivity index (χ3v) is 4.68. The minimum absolute atomic E-state index is 0.0284. The van der Waals surface area contributed by atoms with Crippen LogP contribution >= 0.6 is 0 Å². The molecule has 2 amide bonds. The van der Waals surface area contributed by atoms with Crippen LogP contribution in [-0.4, -0.2) is 24.5 Å². The van der Waals surface area contributed by atoms with E-state index in [0.29, 0.717) is 5.69 Å². The Labute approximate surface area is 167 Å². The normalized spacial score (nSPS) is 19.3. The number of carbonyl (C=O) groups is 1. The molecule has 1 saturated carbocycles. The summed E-state index contributed by atoms with van der Waals surface area (Å²) in [5, 5.41) is 5.51. The molecule has 1 aliphatic carbocycles. The summed E-state index contributed by atoms with van der Waals surface area (Å²) in [6, 6.07) is 12.6. The van der Waals surface area contributed by atoms with Gasteiger partial charge in [0.1, 0.15) is 11.5 Å². The number of aryl methyl sites for hydroxylation is 1. The van der Waals surface area contributed by atoms with Crippen LogP contribution in [-0.2, 0) is 0 Å². The molecule has 0 unspecified atom stereocenters. The number of benzene rings is 2. The Balaban J connectivity index is 1.41. The first kappa shape index (κ1) is 20.8. The monoisotopic (exact) mass is 408 g/mol. The molecule has 0 heterocycles. The minimum Gasteiger partial charge on any atom is -0.490 e. The van der Waals surface area contributed by atoms with E-state index in [0.717, 1.165) is 43.6 Å². The molecule has 1 fully saturated rings. The minimum atomic E-state index is -4.74. The lowest BCUT2D eigenvalue weighted by molar-refractivity contribution is -0.274. The van der Waals surface area contributed by atoms with Crippen molar-refractivity contribution in [1.29, 1.82) is 0 Å². The fraction of sp³-hybridized carbons (Fsp3) is 0.381. The van der Waals surface area contributed by atoms with Crippen molar-refractivity contribution in [3.8, 4) is 11.5 Å². The van der Waals surface area contributed by atoms with Gasteiger partial charge in [-0.1, -0.05) is 17.7 Å². The van der Waals surface area contributed by atoms with Gasteiger partial charge < -0.3 is 20.1 Å². The van der Waals surface area contributed by atoms with Crippen LogP contribution < -0.4 is 20.1 Å². The van der Waals surface area contributed by atoms with Crippen molar-refractivity contribution in [2.75, 3.05) is 5.32 Å². The molecular formula is C21H23F3N2O3. The van der Waals surface area contributed by atoms with Crippen LogP contribution in [0.4, 0.5) is 23.7 Å². The Bertz CT molecular complexity index is 799. The van der Waals surface area contributed by atoms with Crippen LogP contribution in [0.15, 0.2) is 48.5 Å².